The zero-order valence-corrected chi connectivity index (χ0v) is 14.3. The van der Waals surface area contributed by atoms with Crippen LogP contribution in [-0.4, -0.2) is 39.3 Å². The summed E-state index contributed by atoms with van der Waals surface area (Å²) in [6.07, 6.45) is 7.92. The van der Waals surface area contributed by atoms with Crippen molar-refractivity contribution in [2.45, 2.75) is 38.5 Å². The van der Waals surface area contributed by atoms with Gasteiger partial charge in [0.15, 0.2) is 5.96 Å². The van der Waals surface area contributed by atoms with Crippen LogP contribution in [0.5, 0.6) is 0 Å². The Kier molecular flexibility index (Phi) is 8.77. The van der Waals surface area contributed by atoms with E-state index in [2.05, 4.69) is 15.6 Å². The van der Waals surface area contributed by atoms with Crippen molar-refractivity contribution >= 4 is 29.9 Å². The summed E-state index contributed by atoms with van der Waals surface area (Å²) < 4.78 is 5.59. The summed E-state index contributed by atoms with van der Waals surface area (Å²) in [4.78, 5) is 4.21. The summed E-state index contributed by atoms with van der Waals surface area (Å²) in [6, 6.07) is 0. The van der Waals surface area contributed by atoms with Crippen LogP contribution in [-0.2, 0) is 4.74 Å². The van der Waals surface area contributed by atoms with Gasteiger partial charge in [-0.15, -0.1) is 24.0 Å². The molecule has 0 heterocycles. The number of hydrogen-bond donors (Lipinski definition) is 2. The fourth-order valence-corrected chi connectivity index (χ4v) is 1.94. The summed E-state index contributed by atoms with van der Waals surface area (Å²) in [5.74, 6) is 2.78. The van der Waals surface area contributed by atoms with E-state index < -0.39 is 0 Å². The van der Waals surface area contributed by atoms with Gasteiger partial charge >= 0.3 is 0 Å². The van der Waals surface area contributed by atoms with E-state index in [1.165, 1.54) is 32.1 Å². The van der Waals surface area contributed by atoms with Crippen LogP contribution in [0.2, 0.25) is 0 Å². The van der Waals surface area contributed by atoms with Crippen LogP contribution in [0.4, 0.5) is 0 Å². The lowest BCUT2D eigenvalue weighted by molar-refractivity contribution is 0.123. The molecule has 2 aliphatic carbocycles. The predicted octanol–water partition coefficient (Wildman–Crippen LogP) is 2.39. The molecule has 0 aromatic heterocycles. The molecule has 0 atom stereocenters. The van der Waals surface area contributed by atoms with Gasteiger partial charge in [0.25, 0.3) is 0 Å². The number of nitrogens with one attached hydrogen (secondary N) is 2. The van der Waals surface area contributed by atoms with Gasteiger partial charge in [-0.25, -0.2) is 0 Å². The van der Waals surface area contributed by atoms with Crippen molar-refractivity contribution in [1.82, 2.24) is 10.6 Å². The second-order valence-electron chi connectivity index (χ2n) is 5.53. The molecule has 0 radical (unpaired) electrons. The van der Waals surface area contributed by atoms with E-state index in [0.717, 1.165) is 50.5 Å². The molecule has 2 saturated carbocycles. The van der Waals surface area contributed by atoms with Crippen LogP contribution in [0.25, 0.3) is 0 Å². The molecule has 0 aromatic carbocycles. The predicted molar refractivity (Wildman–Crippen MR) is 90.3 cm³/mol. The van der Waals surface area contributed by atoms with Gasteiger partial charge in [0.05, 0.1) is 0 Å². The van der Waals surface area contributed by atoms with Crippen LogP contribution in [0, 0.1) is 11.8 Å². The Morgan fingerprint density at radius 2 is 1.79 bits per heavy atom. The maximum absolute atomic E-state index is 5.59. The number of ether oxygens (including phenoxy) is 1. The normalized spacial score (nSPS) is 18.9. The third-order valence-electron chi connectivity index (χ3n) is 3.57. The standard InChI is InChI=1S/C14H27N3O.HI/c1-15-14(17-9-7-12-3-4-12)16-8-2-10-18-11-13-5-6-13;/h12-13H,2-11H2,1H3,(H2,15,16,17);1H. The fraction of sp³-hybridized carbons (Fsp3) is 0.929. The van der Waals surface area contributed by atoms with Gasteiger partial charge in [-0.2, -0.15) is 0 Å². The monoisotopic (exact) mass is 381 g/mol. The molecule has 0 aliphatic heterocycles. The summed E-state index contributed by atoms with van der Waals surface area (Å²) in [5, 5.41) is 6.68. The van der Waals surface area contributed by atoms with Gasteiger partial charge in [-0.1, -0.05) is 12.8 Å². The summed E-state index contributed by atoms with van der Waals surface area (Å²) in [6.45, 7) is 3.81. The van der Waals surface area contributed by atoms with Crippen molar-refractivity contribution in [2.75, 3.05) is 33.4 Å². The van der Waals surface area contributed by atoms with Gasteiger partial charge in [0, 0.05) is 33.4 Å². The fourth-order valence-electron chi connectivity index (χ4n) is 1.94. The minimum absolute atomic E-state index is 0. The number of rotatable bonds is 9. The molecule has 0 amide bonds. The van der Waals surface area contributed by atoms with E-state index in [9.17, 15) is 0 Å². The molecule has 5 heteroatoms. The van der Waals surface area contributed by atoms with Crippen LogP contribution < -0.4 is 10.6 Å². The van der Waals surface area contributed by atoms with Crippen molar-refractivity contribution < 1.29 is 4.74 Å². The first-order chi connectivity index (χ1) is 8.88. The number of aliphatic imine (C=N–C) groups is 1. The molecule has 4 nitrogen and oxygen atoms in total. The molecule has 2 aliphatic rings. The molecule has 2 fully saturated rings. The molecular weight excluding hydrogens is 353 g/mol. The zero-order valence-electron chi connectivity index (χ0n) is 12.0. The molecule has 112 valence electrons. The van der Waals surface area contributed by atoms with Crippen LogP contribution in [0.1, 0.15) is 38.5 Å². The minimum Gasteiger partial charge on any atom is -0.381 e. The zero-order chi connectivity index (χ0) is 12.6. The Morgan fingerprint density at radius 1 is 1.11 bits per heavy atom. The molecule has 2 rings (SSSR count). The largest absolute Gasteiger partial charge is 0.381 e. The molecule has 19 heavy (non-hydrogen) atoms. The summed E-state index contributed by atoms with van der Waals surface area (Å²) in [7, 11) is 1.83. The molecule has 0 spiro atoms. The third-order valence-corrected chi connectivity index (χ3v) is 3.57. The first-order valence-electron chi connectivity index (χ1n) is 7.40. The Balaban J connectivity index is 0.00000180. The number of guanidine groups is 1. The van der Waals surface area contributed by atoms with Gasteiger partial charge in [-0.05, 0) is 37.5 Å². The highest BCUT2D eigenvalue weighted by atomic mass is 127. The quantitative estimate of drug-likeness (QED) is 0.279. The topological polar surface area (TPSA) is 45.7 Å². The van der Waals surface area contributed by atoms with Crippen LogP contribution >= 0.6 is 24.0 Å². The van der Waals surface area contributed by atoms with E-state index in [1.54, 1.807) is 0 Å². The summed E-state index contributed by atoms with van der Waals surface area (Å²) in [5.41, 5.74) is 0. The van der Waals surface area contributed by atoms with E-state index in [4.69, 9.17) is 4.74 Å². The highest BCUT2D eigenvalue weighted by Gasteiger charge is 2.21. The molecule has 2 N–H and O–H groups in total. The smallest absolute Gasteiger partial charge is 0.190 e. The molecule has 0 aromatic rings. The number of hydrogen-bond acceptors (Lipinski definition) is 2. The van der Waals surface area contributed by atoms with Gasteiger partial charge in [-0.3, -0.25) is 4.99 Å². The van der Waals surface area contributed by atoms with E-state index in [0.29, 0.717) is 0 Å². The second kappa shape index (κ2) is 9.80. The Labute approximate surface area is 134 Å². The Bertz CT molecular complexity index is 265. The molecular formula is C14H28IN3O. The van der Waals surface area contributed by atoms with Crippen LogP contribution in [0.3, 0.4) is 0 Å². The molecule has 0 saturated heterocycles. The van der Waals surface area contributed by atoms with Gasteiger partial charge in [0.1, 0.15) is 0 Å². The first-order valence-corrected chi connectivity index (χ1v) is 7.40. The van der Waals surface area contributed by atoms with E-state index in [-0.39, 0.29) is 24.0 Å². The number of nitrogens with zero attached hydrogens (tertiary/aromatic N) is 1. The summed E-state index contributed by atoms with van der Waals surface area (Å²) >= 11 is 0. The van der Waals surface area contributed by atoms with Crippen molar-refractivity contribution in [1.29, 1.82) is 0 Å². The second-order valence-corrected chi connectivity index (χ2v) is 5.53. The highest BCUT2D eigenvalue weighted by Crippen LogP contribution is 2.31. The first kappa shape index (κ1) is 17.0. The maximum Gasteiger partial charge on any atom is 0.190 e. The lowest BCUT2D eigenvalue weighted by atomic mass is 10.3. The van der Waals surface area contributed by atoms with Crippen molar-refractivity contribution in [2.24, 2.45) is 16.8 Å². The Morgan fingerprint density at radius 3 is 2.42 bits per heavy atom. The van der Waals surface area contributed by atoms with Crippen molar-refractivity contribution in [3.05, 3.63) is 0 Å². The van der Waals surface area contributed by atoms with Crippen LogP contribution in [0.15, 0.2) is 4.99 Å². The third kappa shape index (κ3) is 8.68. The lowest BCUT2D eigenvalue weighted by Crippen LogP contribution is -2.38. The minimum atomic E-state index is 0. The van der Waals surface area contributed by atoms with Crippen molar-refractivity contribution in [3.8, 4) is 0 Å². The maximum atomic E-state index is 5.59. The Hall–Kier alpha value is -0.0400. The van der Waals surface area contributed by atoms with E-state index >= 15 is 0 Å². The van der Waals surface area contributed by atoms with Crippen molar-refractivity contribution in [3.63, 3.8) is 0 Å². The lowest BCUT2D eigenvalue weighted by Gasteiger charge is -2.11. The highest BCUT2D eigenvalue weighted by molar-refractivity contribution is 14.0. The average Bonchev–Trinajstić information content (AvgIpc) is 3.25. The molecule has 0 unspecified atom stereocenters. The van der Waals surface area contributed by atoms with E-state index in [1.807, 2.05) is 7.05 Å². The average molecular weight is 381 g/mol. The van der Waals surface area contributed by atoms with Gasteiger partial charge in [0.2, 0.25) is 0 Å². The molecule has 0 bridgehead atoms. The number of halogens is 1. The SMILES string of the molecule is CN=C(NCCCOCC1CC1)NCCC1CC1.I. The van der Waals surface area contributed by atoms with Gasteiger partial charge < -0.3 is 15.4 Å².